The largest absolute Gasteiger partial charge is 0.356 e. The molecule has 0 radical (unpaired) electrons. The first-order valence-corrected chi connectivity index (χ1v) is 8.74. The van der Waals surface area contributed by atoms with Crippen LogP contribution in [-0.4, -0.2) is 24.0 Å². The molecule has 2 rings (SSSR count). The number of aromatic nitrogens is 1. The number of unbranched alkanes of at least 4 members (excludes halogenated alkanes) is 1. The van der Waals surface area contributed by atoms with Crippen molar-refractivity contribution in [1.29, 1.82) is 0 Å². The molecule has 1 aromatic heterocycles. The Morgan fingerprint density at radius 2 is 1.80 bits per heavy atom. The summed E-state index contributed by atoms with van der Waals surface area (Å²) in [6.07, 6.45) is 6.97. The maximum Gasteiger partial charge on any atom is 0.191 e. The van der Waals surface area contributed by atoms with E-state index in [0.717, 1.165) is 31.9 Å². The third kappa shape index (κ3) is 8.86. The first kappa shape index (κ1) is 21.4. The van der Waals surface area contributed by atoms with Crippen molar-refractivity contribution >= 4 is 29.9 Å². The van der Waals surface area contributed by atoms with E-state index in [4.69, 9.17) is 4.99 Å². The van der Waals surface area contributed by atoms with Gasteiger partial charge in [-0.05, 0) is 37.0 Å². The second-order valence-corrected chi connectivity index (χ2v) is 5.97. The van der Waals surface area contributed by atoms with Crippen LogP contribution in [0.15, 0.2) is 53.8 Å². The highest BCUT2D eigenvalue weighted by atomic mass is 127. The molecule has 0 aliphatic heterocycles. The molecule has 0 atom stereocenters. The molecule has 0 bridgehead atoms. The third-order valence-electron chi connectivity index (χ3n) is 3.79. The fourth-order valence-electron chi connectivity index (χ4n) is 2.29. The molecule has 136 valence electrons. The van der Waals surface area contributed by atoms with E-state index in [9.17, 15) is 0 Å². The summed E-state index contributed by atoms with van der Waals surface area (Å²) < 4.78 is 0. The first-order chi connectivity index (χ1) is 11.8. The molecule has 0 fully saturated rings. The van der Waals surface area contributed by atoms with Gasteiger partial charge in [-0.15, -0.1) is 24.0 Å². The van der Waals surface area contributed by atoms with Crippen molar-refractivity contribution in [2.75, 3.05) is 13.1 Å². The zero-order valence-corrected chi connectivity index (χ0v) is 17.5. The Bertz CT molecular complexity index is 611. The lowest BCUT2D eigenvalue weighted by Crippen LogP contribution is -2.39. The summed E-state index contributed by atoms with van der Waals surface area (Å²) in [6, 6.07) is 12.6. The molecule has 0 unspecified atom stereocenters. The van der Waals surface area contributed by atoms with Crippen LogP contribution >= 0.6 is 24.0 Å². The van der Waals surface area contributed by atoms with Crippen LogP contribution in [0.5, 0.6) is 0 Å². The summed E-state index contributed by atoms with van der Waals surface area (Å²) in [5.41, 5.74) is 3.74. The van der Waals surface area contributed by atoms with Crippen molar-refractivity contribution in [3.63, 3.8) is 0 Å². The van der Waals surface area contributed by atoms with Crippen LogP contribution in [0.1, 0.15) is 36.5 Å². The monoisotopic (exact) mass is 452 g/mol. The molecule has 0 saturated carbocycles. The topological polar surface area (TPSA) is 49.3 Å². The summed E-state index contributed by atoms with van der Waals surface area (Å²) in [5.74, 6) is 0.882. The Kier molecular flexibility index (Phi) is 10.9. The Labute approximate surface area is 168 Å². The molecule has 5 heteroatoms. The van der Waals surface area contributed by atoms with Gasteiger partial charge in [0.15, 0.2) is 5.96 Å². The molecule has 0 saturated heterocycles. The normalized spacial score (nSPS) is 10.9. The minimum atomic E-state index is 0. The maximum atomic E-state index is 4.71. The van der Waals surface area contributed by atoms with Gasteiger partial charge in [-0.2, -0.15) is 0 Å². The van der Waals surface area contributed by atoms with E-state index in [-0.39, 0.29) is 24.0 Å². The van der Waals surface area contributed by atoms with Gasteiger partial charge >= 0.3 is 0 Å². The number of hydrogen-bond donors (Lipinski definition) is 2. The fraction of sp³-hybridized carbons (Fsp3) is 0.400. The highest BCUT2D eigenvalue weighted by Crippen LogP contribution is 2.04. The zero-order chi connectivity index (χ0) is 17.0. The summed E-state index contributed by atoms with van der Waals surface area (Å²) in [7, 11) is 0. The predicted octanol–water partition coefficient (Wildman–Crippen LogP) is 4.09. The van der Waals surface area contributed by atoms with E-state index >= 15 is 0 Å². The first-order valence-electron chi connectivity index (χ1n) is 8.74. The number of nitrogens with one attached hydrogen (secondary N) is 2. The van der Waals surface area contributed by atoms with Crippen LogP contribution < -0.4 is 10.6 Å². The fourth-order valence-corrected chi connectivity index (χ4v) is 2.29. The zero-order valence-electron chi connectivity index (χ0n) is 15.2. The highest BCUT2D eigenvalue weighted by Gasteiger charge is 1.99. The Morgan fingerprint density at radius 1 is 1.04 bits per heavy atom. The van der Waals surface area contributed by atoms with Gasteiger partial charge in [0.25, 0.3) is 0 Å². The van der Waals surface area contributed by atoms with E-state index in [1.807, 2.05) is 12.3 Å². The minimum Gasteiger partial charge on any atom is -0.356 e. The lowest BCUT2D eigenvalue weighted by Gasteiger charge is -2.12. The molecular formula is C20H29IN4. The van der Waals surface area contributed by atoms with E-state index in [0.29, 0.717) is 6.54 Å². The van der Waals surface area contributed by atoms with Gasteiger partial charge in [0, 0.05) is 25.5 Å². The molecule has 2 N–H and O–H groups in total. The summed E-state index contributed by atoms with van der Waals surface area (Å²) in [4.78, 5) is 8.86. The number of rotatable bonds is 8. The van der Waals surface area contributed by atoms with Crippen molar-refractivity contribution in [1.82, 2.24) is 15.6 Å². The number of benzene rings is 1. The van der Waals surface area contributed by atoms with Crippen LogP contribution in [0.4, 0.5) is 0 Å². The number of guanidine groups is 1. The van der Waals surface area contributed by atoms with Gasteiger partial charge in [-0.25, -0.2) is 4.99 Å². The summed E-state index contributed by atoms with van der Waals surface area (Å²) >= 11 is 0. The van der Waals surface area contributed by atoms with E-state index in [1.165, 1.54) is 23.1 Å². The summed E-state index contributed by atoms with van der Waals surface area (Å²) in [5, 5.41) is 6.83. The third-order valence-corrected chi connectivity index (χ3v) is 3.79. The Hall–Kier alpha value is -1.63. The molecule has 2 aromatic rings. The summed E-state index contributed by atoms with van der Waals surface area (Å²) in [6.45, 7) is 6.78. The van der Waals surface area contributed by atoms with Crippen molar-refractivity contribution in [2.24, 2.45) is 4.99 Å². The van der Waals surface area contributed by atoms with Gasteiger partial charge in [-0.1, -0.05) is 49.2 Å². The molecule has 0 amide bonds. The van der Waals surface area contributed by atoms with E-state index in [1.54, 1.807) is 6.20 Å². The maximum absolute atomic E-state index is 4.71. The molecular weight excluding hydrogens is 423 g/mol. The van der Waals surface area contributed by atoms with Crippen LogP contribution in [0.3, 0.4) is 0 Å². The average molecular weight is 452 g/mol. The van der Waals surface area contributed by atoms with E-state index in [2.05, 4.69) is 59.8 Å². The number of aryl methyl sites for hydroxylation is 1. The quantitative estimate of drug-likeness (QED) is 0.275. The predicted molar refractivity (Wildman–Crippen MR) is 117 cm³/mol. The molecule has 4 nitrogen and oxygen atoms in total. The van der Waals surface area contributed by atoms with Crippen LogP contribution in [0.2, 0.25) is 0 Å². The molecule has 0 aliphatic rings. The molecule has 0 spiro atoms. The number of aliphatic imine (C=N–C) groups is 1. The molecule has 1 heterocycles. The van der Waals surface area contributed by atoms with Crippen LogP contribution in [0, 0.1) is 6.92 Å². The SMILES string of the molecule is CCCCNC(=NCc1ccc(C)cc1)NCCc1cccnc1.I. The standard InChI is InChI=1S/C20H28N4.HI/c1-3-4-13-22-20(23-14-11-18-6-5-12-21-15-18)24-16-19-9-7-17(2)8-10-19;/h5-10,12,15H,3-4,11,13-14,16H2,1-2H3,(H2,22,23,24);1H. The Morgan fingerprint density at radius 3 is 2.48 bits per heavy atom. The number of hydrogen-bond acceptors (Lipinski definition) is 2. The molecule has 0 aliphatic carbocycles. The van der Waals surface area contributed by atoms with Gasteiger partial charge in [0.2, 0.25) is 0 Å². The second-order valence-electron chi connectivity index (χ2n) is 5.97. The average Bonchev–Trinajstić information content (AvgIpc) is 2.61. The van der Waals surface area contributed by atoms with Gasteiger partial charge < -0.3 is 10.6 Å². The van der Waals surface area contributed by atoms with Crippen molar-refractivity contribution < 1.29 is 0 Å². The van der Waals surface area contributed by atoms with Crippen molar-refractivity contribution in [3.05, 3.63) is 65.5 Å². The smallest absolute Gasteiger partial charge is 0.191 e. The number of halogens is 1. The van der Waals surface area contributed by atoms with Crippen molar-refractivity contribution in [2.45, 2.75) is 39.7 Å². The van der Waals surface area contributed by atoms with Gasteiger partial charge in [0.05, 0.1) is 6.54 Å². The highest BCUT2D eigenvalue weighted by molar-refractivity contribution is 14.0. The second kappa shape index (κ2) is 12.7. The molecule has 25 heavy (non-hydrogen) atoms. The number of pyridine rings is 1. The number of nitrogens with zero attached hydrogens (tertiary/aromatic N) is 2. The Balaban J connectivity index is 0.00000312. The molecule has 1 aromatic carbocycles. The van der Waals surface area contributed by atoms with Crippen molar-refractivity contribution in [3.8, 4) is 0 Å². The van der Waals surface area contributed by atoms with E-state index < -0.39 is 0 Å². The van der Waals surface area contributed by atoms with Crippen LogP contribution in [-0.2, 0) is 13.0 Å². The van der Waals surface area contributed by atoms with Gasteiger partial charge in [-0.3, -0.25) is 4.98 Å². The lowest BCUT2D eigenvalue weighted by atomic mass is 10.1. The lowest BCUT2D eigenvalue weighted by molar-refractivity contribution is 0.722. The minimum absolute atomic E-state index is 0. The van der Waals surface area contributed by atoms with Gasteiger partial charge in [0.1, 0.15) is 0 Å². The van der Waals surface area contributed by atoms with Crippen LogP contribution in [0.25, 0.3) is 0 Å².